The maximum Gasteiger partial charge on any atom is 0.117 e. The Labute approximate surface area is 90.6 Å². The molecule has 4 rings (SSSR count). The van der Waals surface area contributed by atoms with Gasteiger partial charge in [-0.25, -0.2) is 0 Å². The van der Waals surface area contributed by atoms with Crippen LogP contribution in [0.15, 0.2) is 0 Å². The van der Waals surface area contributed by atoms with E-state index in [1.54, 1.807) is 0 Å². The normalized spacial score (nSPS) is 57.5. The summed E-state index contributed by atoms with van der Waals surface area (Å²) in [6, 6.07) is 2.42. The molecule has 0 radical (unpaired) electrons. The Bertz CT molecular complexity index is 318. The van der Waals surface area contributed by atoms with E-state index in [1.807, 2.05) is 0 Å². The number of fused-ring (bicyclic) bond motifs is 1. The smallest absolute Gasteiger partial charge is 0.117 e. The fourth-order valence-corrected chi connectivity index (χ4v) is 3.74. The Hall–Kier alpha value is -0.630. The number of hydrogen-bond donors (Lipinski definition) is 1. The summed E-state index contributed by atoms with van der Waals surface area (Å²) in [6.45, 7) is 8.48. The molecule has 4 heteroatoms. The molecular formula is C11H18N4. The van der Waals surface area contributed by atoms with Crippen LogP contribution in [0.1, 0.15) is 6.92 Å². The van der Waals surface area contributed by atoms with Crippen molar-refractivity contribution in [2.24, 2.45) is 17.1 Å². The lowest BCUT2D eigenvalue weighted by molar-refractivity contribution is -0.0389. The first-order valence-corrected chi connectivity index (χ1v) is 5.72. The molecule has 82 valence electrons. The van der Waals surface area contributed by atoms with Crippen molar-refractivity contribution >= 4 is 0 Å². The first-order valence-electron chi connectivity index (χ1n) is 5.72. The van der Waals surface area contributed by atoms with Crippen LogP contribution in [-0.2, 0) is 0 Å². The number of rotatable bonds is 0. The van der Waals surface area contributed by atoms with Gasteiger partial charge in [0.2, 0.25) is 0 Å². The highest BCUT2D eigenvalue weighted by atomic mass is 15.3. The molecule has 4 heterocycles. The van der Waals surface area contributed by atoms with Gasteiger partial charge in [-0.3, -0.25) is 0 Å². The zero-order valence-corrected chi connectivity index (χ0v) is 9.24. The Kier molecular flexibility index (Phi) is 1.75. The second-order valence-corrected chi connectivity index (χ2v) is 5.71. The van der Waals surface area contributed by atoms with Crippen molar-refractivity contribution in [2.45, 2.75) is 12.5 Å². The van der Waals surface area contributed by atoms with Gasteiger partial charge in [-0.05, 0) is 0 Å². The van der Waals surface area contributed by atoms with E-state index in [9.17, 15) is 5.26 Å². The summed E-state index contributed by atoms with van der Waals surface area (Å²) < 4.78 is 0. The molecule has 4 nitrogen and oxygen atoms in total. The summed E-state index contributed by atoms with van der Waals surface area (Å²) in [4.78, 5) is 4.97. The maximum absolute atomic E-state index is 9.40. The SMILES string of the molecule is CC12CN3CCN(CC(C3)C1(N)C#N)C2. The summed E-state index contributed by atoms with van der Waals surface area (Å²) >= 11 is 0. The minimum atomic E-state index is -0.607. The topological polar surface area (TPSA) is 56.3 Å². The average molecular weight is 206 g/mol. The minimum Gasteiger partial charge on any atom is -0.313 e. The molecule has 4 aliphatic heterocycles. The molecule has 2 N–H and O–H groups in total. The van der Waals surface area contributed by atoms with Crippen molar-refractivity contribution in [1.29, 1.82) is 5.26 Å². The van der Waals surface area contributed by atoms with E-state index in [0.717, 1.165) is 39.3 Å². The lowest BCUT2D eigenvalue weighted by atomic mass is 9.60. The van der Waals surface area contributed by atoms with Gasteiger partial charge in [0.25, 0.3) is 0 Å². The quantitative estimate of drug-likeness (QED) is 0.579. The predicted octanol–water partition coefficient (Wildman–Crippen LogP) is -0.525. The van der Waals surface area contributed by atoms with E-state index in [4.69, 9.17) is 5.73 Å². The van der Waals surface area contributed by atoms with Crippen molar-refractivity contribution < 1.29 is 0 Å². The molecular weight excluding hydrogens is 188 g/mol. The lowest BCUT2D eigenvalue weighted by Gasteiger charge is -2.56. The Morgan fingerprint density at radius 2 is 1.80 bits per heavy atom. The van der Waals surface area contributed by atoms with Crippen LogP contribution in [0, 0.1) is 22.7 Å². The van der Waals surface area contributed by atoms with Gasteiger partial charge in [0.05, 0.1) is 6.07 Å². The molecule has 0 amide bonds. The van der Waals surface area contributed by atoms with Gasteiger partial charge in [-0.1, -0.05) is 6.92 Å². The second-order valence-electron chi connectivity index (χ2n) is 5.71. The van der Waals surface area contributed by atoms with Gasteiger partial charge >= 0.3 is 0 Å². The van der Waals surface area contributed by atoms with Gasteiger partial charge in [-0.2, -0.15) is 5.26 Å². The molecule has 0 aliphatic carbocycles. The number of nitrogens with zero attached hydrogens (tertiary/aromatic N) is 3. The molecule has 15 heavy (non-hydrogen) atoms. The van der Waals surface area contributed by atoms with Crippen LogP contribution in [0.2, 0.25) is 0 Å². The van der Waals surface area contributed by atoms with Crippen LogP contribution in [0.25, 0.3) is 0 Å². The Balaban J connectivity index is 2.07. The van der Waals surface area contributed by atoms with Crippen LogP contribution < -0.4 is 5.73 Å². The van der Waals surface area contributed by atoms with Gasteiger partial charge in [0.15, 0.2) is 0 Å². The van der Waals surface area contributed by atoms with E-state index in [1.165, 1.54) is 0 Å². The van der Waals surface area contributed by atoms with Crippen LogP contribution in [0.4, 0.5) is 0 Å². The number of hydrogen-bond acceptors (Lipinski definition) is 4. The van der Waals surface area contributed by atoms with E-state index in [-0.39, 0.29) is 5.41 Å². The summed E-state index contributed by atoms with van der Waals surface area (Å²) in [6.07, 6.45) is 0. The van der Waals surface area contributed by atoms with Gasteiger partial charge < -0.3 is 15.5 Å². The van der Waals surface area contributed by atoms with Crippen LogP contribution in [0.3, 0.4) is 0 Å². The van der Waals surface area contributed by atoms with E-state index >= 15 is 0 Å². The van der Waals surface area contributed by atoms with Crippen molar-refractivity contribution in [2.75, 3.05) is 39.3 Å². The molecule has 0 aromatic rings. The predicted molar refractivity (Wildman–Crippen MR) is 57.0 cm³/mol. The van der Waals surface area contributed by atoms with E-state index < -0.39 is 5.54 Å². The molecule has 4 fully saturated rings. The molecule has 3 unspecified atom stereocenters. The number of nitrogens with two attached hydrogens (primary N) is 1. The van der Waals surface area contributed by atoms with E-state index in [2.05, 4.69) is 22.8 Å². The molecule has 0 spiro atoms. The highest BCUT2D eigenvalue weighted by molar-refractivity contribution is 5.24. The number of piperidine rings is 2. The molecule has 4 aliphatic rings. The second kappa shape index (κ2) is 2.73. The third-order valence-corrected chi connectivity index (χ3v) is 4.66. The fourth-order valence-electron chi connectivity index (χ4n) is 3.74. The molecule has 0 aromatic heterocycles. The Morgan fingerprint density at radius 3 is 2.20 bits per heavy atom. The third-order valence-electron chi connectivity index (χ3n) is 4.66. The van der Waals surface area contributed by atoms with Gasteiger partial charge in [0.1, 0.15) is 5.54 Å². The summed E-state index contributed by atoms with van der Waals surface area (Å²) in [5, 5.41) is 9.40. The third kappa shape index (κ3) is 1.06. The summed E-state index contributed by atoms with van der Waals surface area (Å²) in [5.41, 5.74) is 5.73. The van der Waals surface area contributed by atoms with Crippen molar-refractivity contribution in [3.05, 3.63) is 0 Å². The minimum absolute atomic E-state index is 0.0422. The highest BCUT2D eigenvalue weighted by Crippen LogP contribution is 2.45. The van der Waals surface area contributed by atoms with Gasteiger partial charge in [0, 0.05) is 50.6 Å². The summed E-state index contributed by atoms with van der Waals surface area (Å²) in [7, 11) is 0. The molecule has 0 saturated carbocycles. The maximum atomic E-state index is 9.40. The van der Waals surface area contributed by atoms with Crippen molar-refractivity contribution in [3.63, 3.8) is 0 Å². The lowest BCUT2D eigenvalue weighted by Crippen LogP contribution is -2.73. The van der Waals surface area contributed by atoms with Crippen LogP contribution in [0.5, 0.6) is 0 Å². The first kappa shape index (κ1) is 9.59. The number of nitriles is 1. The summed E-state index contributed by atoms with van der Waals surface area (Å²) in [5.74, 6) is 0.331. The standard InChI is InChI=1S/C11H18N4/c1-10-7-14-2-3-15(8-10)5-9(4-14)11(10,13)6-12/h9H,2-5,7-8,13H2,1H3. The van der Waals surface area contributed by atoms with Crippen molar-refractivity contribution in [1.82, 2.24) is 9.80 Å². The first-order chi connectivity index (χ1) is 7.07. The van der Waals surface area contributed by atoms with Crippen molar-refractivity contribution in [3.8, 4) is 6.07 Å². The van der Waals surface area contributed by atoms with E-state index in [0.29, 0.717) is 5.92 Å². The zero-order chi connectivity index (χ0) is 10.7. The monoisotopic (exact) mass is 206 g/mol. The van der Waals surface area contributed by atoms with Crippen LogP contribution in [-0.4, -0.2) is 54.6 Å². The Morgan fingerprint density at radius 1 is 1.27 bits per heavy atom. The largest absolute Gasteiger partial charge is 0.313 e. The molecule has 0 aromatic carbocycles. The van der Waals surface area contributed by atoms with Crippen LogP contribution >= 0.6 is 0 Å². The van der Waals surface area contributed by atoms with Gasteiger partial charge in [-0.15, -0.1) is 0 Å². The fraction of sp³-hybridized carbons (Fsp3) is 0.909. The molecule has 4 bridgehead atoms. The highest BCUT2D eigenvalue weighted by Gasteiger charge is 2.60. The molecule has 4 saturated heterocycles. The average Bonchev–Trinajstić information content (AvgIpc) is 2.43. The zero-order valence-electron chi connectivity index (χ0n) is 9.24. The molecule has 3 atom stereocenters.